The third kappa shape index (κ3) is 1.93. The van der Waals surface area contributed by atoms with E-state index in [1.54, 1.807) is 0 Å². The van der Waals surface area contributed by atoms with E-state index in [9.17, 15) is 9.59 Å². The number of hydrogen-bond donors (Lipinski definition) is 3. The molecule has 6 heteroatoms. The van der Waals surface area contributed by atoms with Crippen LogP contribution in [0.3, 0.4) is 0 Å². The van der Waals surface area contributed by atoms with Crippen LogP contribution in [0.25, 0.3) is 0 Å². The van der Waals surface area contributed by atoms with Crippen molar-refractivity contribution in [3.63, 3.8) is 0 Å². The van der Waals surface area contributed by atoms with Gasteiger partial charge in [0.15, 0.2) is 11.7 Å². The monoisotopic (exact) mass is 178 g/mol. The highest BCUT2D eigenvalue weighted by Gasteiger charge is 2.43. The molecule has 0 aliphatic carbocycles. The molecule has 12 heavy (non-hydrogen) atoms. The van der Waals surface area contributed by atoms with Crippen molar-refractivity contribution in [3.05, 3.63) is 0 Å². The van der Waals surface area contributed by atoms with E-state index in [1.807, 2.05) is 0 Å². The average Bonchev–Trinajstić information content (AvgIpc) is 2.01. The number of aliphatic carboxylic acids is 1. The topological polar surface area (TPSA) is 104 Å². The second kappa shape index (κ2) is 3.51. The minimum Gasteiger partial charge on any atom is -0.479 e. The van der Waals surface area contributed by atoms with Gasteiger partial charge < -0.3 is 20.1 Å². The van der Waals surface area contributed by atoms with Crippen LogP contribution in [0.15, 0.2) is 0 Å². The van der Waals surface area contributed by atoms with E-state index >= 15 is 0 Å². The number of aliphatic hydroxyl groups excluding tert-OH is 1. The molecule has 0 aliphatic rings. The van der Waals surface area contributed by atoms with Gasteiger partial charge in [-0.3, -0.25) is 0 Å². The zero-order valence-corrected chi connectivity index (χ0v) is 6.64. The van der Waals surface area contributed by atoms with Gasteiger partial charge in [0.1, 0.15) is 0 Å². The van der Waals surface area contributed by atoms with Crippen molar-refractivity contribution in [1.29, 1.82) is 0 Å². The molecule has 70 valence electrons. The molecule has 0 aromatic heterocycles. The van der Waals surface area contributed by atoms with Gasteiger partial charge >= 0.3 is 11.9 Å². The van der Waals surface area contributed by atoms with Crippen LogP contribution in [0.5, 0.6) is 0 Å². The third-order valence-electron chi connectivity index (χ3n) is 1.39. The first-order chi connectivity index (χ1) is 5.34. The Hall–Kier alpha value is -1.14. The van der Waals surface area contributed by atoms with Crippen molar-refractivity contribution in [1.82, 2.24) is 0 Å². The molecule has 2 atom stereocenters. The molecule has 0 aromatic rings. The fraction of sp³-hybridized carbons (Fsp3) is 0.667. The Morgan fingerprint density at radius 3 is 2.17 bits per heavy atom. The predicted molar refractivity (Wildman–Crippen MR) is 36.3 cm³/mol. The van der Waals surface area contributed by atoms with Crippen LogP contribution in [-0.2, 0) is 14.3 Å². The second-order valence-corrected chi connectivity index (χ2v) is 2.38. The van der Waals surface area contributed by atoms with Crippen LogP contribution in [-0.4, -0.2) is 46.1 Å². The number of esters is 1. The highest BCUT2D eigenvalue weighted by atomic mass is 16.5. The normalized spacial score (nSPS) is 17.7. The molecule has 0 spiro atoms. The van der Waals surface area contributed by atoms with Gasteiger partial charge in [-0.05, 0) is 6.92 Å². The lowest BCUT2D eigenvalue weighted by molar-refractivity contribution is -0.181. The van der Waals surface area contributed by atoms with Crippen LogP contribution in [0.2, 0.25) is 0 Å². The van der Waals surface area contributed by atoms with Crippen molar-refractivity contribution in [3.8, 4) is 0 Å². The molecule has 0 heterocycles. The molecule has 0 amide bonds. The van der Waals surface area contributed by atoms with E-state index in [0.29, 0.717) is 0 Å². The van der Waals surface area contributed by atoms with E-state index in [-0.39, 0.29) is 0 Å². The van der Waals surface area contributed by atoms with Gasteiger partial charge in [0.05, 0.1) is 7.11 Å². The van der Waals surface area contributed by atoms with Crippen LogP contribution >= 0.6 is 0 Å². The SMILES string of the molecule is COC(=O)[C@@H](O)[C@](C)(O)C(=O)O. The van der Waals surface area contributed by atoms with Crippen LogP contribution in [0, 0.1) is 0 Å². The van der Waals surface area contributed by atoms with E-state index in [0.717, 1.165) is 14.0 Å². The first-order valence-corrected chi connectivity index (χ1v) is 3.05. The van der Waals surface area contributed by atoms with Gasteiger partial charge in [-0.25, -0.2) is 9.59 Å². The summed E-state index contributed by atoms with van der Waals surface area (Å²) in [5.74, 6) is -2.89. The summed E-state index contributed by atoms with van der Waals surface area (Å²) in [5.41, 5.74) is -2.52. The molecular weight excluding hydrogens is 168 g/mol. The first-order valence-electron chi connectivity index (χ1n) is 3.05. The van der Waals surface area contributed by atoms with Gasteiger partial charge in [0, 0.05) is 0 Å². The lowest BCUT2D eigenvalue weighted by Crippen LogP contribution is -2.51. The molecule has 0 saturated heterocycles. The smallest absolute Gasteiger partial charge is 0.338 e. The molecule has 0 aliphatic heterocycles. The van der Waals surface area contributed by atoms with E-state index in [4.69, 9.17) is 15.3 Å². The maximum absolute atomic E-state index is 10.6. The second-order valence-electron chi connectivity index (χ2n) is 2.38. The van der Waals surface area contributed by atoms with Gasteiger partial charge in [0.2, 0.25) is 0 Å². The molecule has 0 saturated carbocycles. The summed E-state index contributed by atoms with van der Waals surface area (Å²) in [6, 6.07) is 0. The number of carboxylic acids is 1. The number of ether oxygens (including phenoxy) is 1. The van der Waals surface area contributed by atoms with E-state index in [1.165, 1.54) is 0 Å². The Morgan fingerprint density at radius 1 is 1.50 bits per heavy atom. The minimum atomic E-state index is -2.52. The summed E-state index contributed by atoms with van der Waals surface area (Å²) >= 11 is 0. The lowest BCUT2D eigenvalue weighted by Gasteiger charge is -2.21. The van der Waals surface area contributed by atoms with Crippen LogP contribution in [0.1, 0.15) is 6.92 Å². The fourth-order valence-electron chi connectivity index (χ4n) is 0.458. The van der Waals surface area contributed by atoms with Gasteiger partial charge in [-0.2, -0.15) is 0 Å². The Kier molecular flexibility index (Phi) is 3.17. The molecule has 0 aromatic carbocycles. The first kappa shape index (κ1) is 10.9. The summed E-state index contributed by atoms with van der Waals surface area (Å²) in [6.07, 6.45) is -2.08. The molecule has 0 unspecified atom stereocenters. The van der Waals surface area contributed by atoms with Gasteiger partial charge in [0.25, 0.3) is 0 Å². The maximum atomic E-state index is 10.6. The summed E-state index contributed by atoms with van der Waals surface area (Å²) in [6.45, 7) is 0.802. The summed E-state index contributed by atoms with van der Waals surface area (Å²) in [7, 11) is 0.976. The van der Waals surface area contributed by atoms with Crippen LogP contribution in [0.4, 0.5) is 0 Å². The number of methoxy groups -OCH3 is 1. The third-order valence-corrected chi connectivity index (χ3v) is 1.39. The molecule has 0 rings (SSSR count). The quantitative estimate of drug-likeness (QED) is 0.447. The van der Waals surface area contributed by atoms with Crippen LogP contribution < -0.4 is 0 Å². The number of carbonyl (C=O) groups excluding carboxylic acids is 1. The predicted octanol–water partition coefficient (Wildman–Crippen LogP) is -1.64. The number of carbonyl (C=O) groups is 2. The number of carboxylic acid groups (broad SMARTS) is 1. The number of rotatable bonds is 3. The zero-order valence-electron chi connectivity index (χ0n) is 6.64. The number of aliphatic hydroxyl groups is 2. The maximum Gasteiger partial charge on any atom is 0.338 e. The Labute approximate surface area is 68.4 Å². The molecule has 6 nitrogen and oxygen atoms in total. The molecular formula is C6H10O6. The van der Waals surface area contributed by atoms with Crippen molar-refractivity contribution in [2.75, 3.05) is 7.11 Å². The molecule has 0 radical (unpaired) electrons. The number of hydrogen-bond acceptors (Lipinski definition) is 5. The lowest BCUT2D eigenvalue weighted by atomic mass is 10.00. The largest absolute Gasteiger partial charge is 0.479 e. The Morgan fingerprint density at radius 2 is 1.92 bits per heavy atom. The van der Waals surface area contributed by atoms with Crippen molar-refractivity contribution in [2.24, 2.45) is 0 Å². The van der Waals surface area contributed by atoms with E-state index in [2.05, 4.69) is 4.74 Å². The summed E-state index contributed by atoms with van der Waals surface area (Å²) in [5, 5.41) is 26.3. The van der Waals surface area contributed by atoms with Crippen molar-refractivity contribution < 1.29 is 29.6 Å². The van der Waals surface area contributed by atoms with Crippen molar-refractivity contribution >= 4 is 11.9 Å². The fourth-order valence-corrected chi connectivity index (χ4v) is 0.458. The van der Waals surface area contributed by atoms with Gasteiger partial charge in [-0.1, -0.05) is 0 Å². The Bertz CT molecular complexity index is 196. The Balaban J connectivity index is 4.56. The summed E-state index contributed by atoms with van der Waals surface area (Å²) < 4.78 is 4.04. The molecule has 0 bridgehead atoms. The van der Waals surface area contributed by atoms with Gasteiger partial charge in [-0.15, -0.1) is 0 Å². The van der Waals surface area contributed by atoms with Crippen molar-refractivity contribution in [2.45, 2.75) is 18.6 Å². The average molecular weight is 178 g/mol. The molecule has 3 N–H and O–H groups in total. The standard InChI is InChI=1S/C6H10O6/c1-6(11,5(9)10)3(7)4(8)12-2/h3,7,11H,1-2H3,(H,9,10)/t3-,6+/m1/s1. The highest BCUT2D eigenvalue weighted by Crippen LogP contribution is 2.10. The highest BCUT2D eigenvalue weighted by molar-refractivity contribution is 5.87. The minimum absolute atomic E-state index is 0.802. The zero-order chi connectivity index (χ0) is 9.94. The summed E-state index contributed by atoms with van der Waals surface area (Å²) in [4.78, 5) is 20.8. The van der Waals surface area contributed by atoms with E-state index < -0.39 is 23.6 Å². The molecule has 0 fully saturated rings.